The third-order valence-corrected chi connectivity index (χ3v) is 5.00. The maximum absolute atomic E-state index is 12.5. The first-order valence-electron chi connectivity index (χ1n) is 10.4. The van der Waals surface area contributed by atoms with E-state index in [4.69, 9.17) is 9.47 Å². The molecule has 0 fully saturated rings. The Morgan fingerprint density at radius 1 is 0.844 bits per heavy atom. The van der Waals surface area contributed by atoms with Crippen LogP contribution in [-0.4, -0.2) is 22.3 Å². The van der Waals surface area contributed by atoms with E-state index in [-0.39, 0.29) is 12.5 Å². The molecule has 1 heterocycles. The van der Waals surface area contributed by atoms with Gasteiger partial charge in [-0.1, -0.05) is 48.5 Å². The third kappa shape index (κ3) is 5.16. The predicted molar refractivity (Wildman–Crippen MR) is 124 cm³/mol. The number of hydrogen-bond donors (Lipinski definition) is 1. The monoisotopic (exact) mass is 427 g/mol. The quantitative estimate of drug-likeness (QED) is 0.426. The lowest BCUT2D eigenvalue weighted by molar-refractivity contribution is -0.118. The van der Waals surface area contributed by atoms with E-state index in [0.717, 1.165) is 28.4 Å². The maximum Gasteiger partial charge on any atom is 0.262 e. The van der Waals surface area contributed by atoms with Gasteiger partial charge in [0.1, 0.15) is 18.1 Å². The lowest BCUT2D eigenvalue weighted by Crippen LogP contribution is -2.20. The van der Waals surface area contributed by atoms with Crippen molar-refractivity contribution in [3.63, 3.8) is 0 Å². The van der Waals surface area contributed by atoms with Crippen LogP contribution in [0.2, 0.25) is 0 Å². The molecule has 4 rings (SSSR count). The summed E-state index contributed by atoms with van der Waals surface area (Å²) in [6, 6.07) is 27.0. The van der Waals surface area contributed by atoms with Gasteiger partial charge in [-0.15, -0.1) is 0 Å². The number of benzene rings is 3. The van der Waals surface area contributed by atoms with E-state index < -0.39 is 0 Å². The summed E-state index contributed by atoms with van der Waals surface area (Å²) in [5, 5.41) is 7.46. The topological polar surface area (TPSA) is 65.4 Å². The van der Waals surface area contributed by atoms with Crippen LogP contribution < -0.4 is 14.8 Å². The Morgan fingerprint density at radius 2 is 1.44 bits per heavy atom. The fraction of sp³-hybridized carbons (Fsp3) is 0.154. The number of nitrogens with one attached hydrogen (secondary N) is 1. The van der Waals surface area contributed by atoms with Gasteiger partial charge in [-0.2, -0.15) is 5.10 Å². The second kappa shape index (κ2) is 9.83. The minimum absolute atomic E-state index is 0.0976. The van der Waals surface area contributed by atoms with Crippen LogP contribution in [0.5, 0.6) is 11.5 Å². The molecule has 0 atom stereocenters. The molecule has 0 bridgehead atoms. The molecule has 0 radical (unpaired) electrons. The Hall–Kier alpha value is -4.06. The fourth-order valence-electron chi connectivity index (χ4n) is 3.34. The van der Waals surface area contributed by atoms with E-state index in [9.17, 15) is 4.79 Å². The Balaban J connectivity index is 1.31. The molecule has 0 aliphatic heterocycles. The number of aromatic nitrogens is 2. The van der Waals surface area contributed by atoms with Crippen molar-refractivity contribution >= 4 is 11.6 Å². The first-order chi connectivity index (χ1) is 15.6. The van der Waals surface area contributed by atoms with Gasteiger partial charge in [0.2, 0.25) is 0 Å². The van der Waals surface area contributed by atoms with E-state index in [1.165, 1.54) is 0 Å². The lowest BCUT2D eigenvalue weighted by Gasteiger charge is -2.10. The molecule has 0 saturated heterocycles. The van der Waals surface area contributed by atoms with Crippen LogP contribution in [0.4, 0.5) is 5.69 Å². The second-order valence-electron chi connectivity index (χ2n) is 7.38. The first-order valence-corrected chi connectivity index (χ1v) is 10.4. The fourth-order valence-corrected chi connectivity index (χ4v) is 3.34. The number of ether oxygens (including phenoxy) is 2. The van der Waals surface area contributed by atoms with Crippen LogP contribution in [-0.2, 0) is 11.4 Å². The molecule has 1 amide bonds. The van der Waals surface area contributed by atoms with Crippen molar-refractivity contribution < 1.29 is 14.3 Å². The summed E-state index contributed by atoms with van der Waals surface area (Å²) in [4.78, 5) is 12.5. The molecule has 1 N–H and O–H groups in total. The van der Waals surface area contributed by atoms with Crippen molar-refractivity contribution in [2.75, 3.05) is 11.9 Å². The molecule has 0 aliphatic rings. The highest BCUT2D eigenvalue weighted by molar-refractivity contribution is 5.93. The van der Waals surface area contributed by atoms with Crippen LogP contribution >= 0.6 is 0 Å². The summed E-state index contributed by atoms with van der Waals surface area (Å²) in [5.74, 6) is 1.10. The summed E-state index contributed by atoms with van der Waals surface area (Å²) < 4.78 is 13.2. The summed E-state index contributed by atoms with van der Waals surface area (Å²) in [5.41, 5.74) is 4.36. The van der Waals surface area contributed by atoms with Crippen molar-refractivity contribution in [3.05, 3.63) is 102 Å². The van der Waals surface area contributed by atoms with Crippen molar-refractivity contribution in [1.29, 1.82) is 0 Å². The maximum atomic E-state index is 12.5. The van der Waals surface area contributed by atoms with Crippen molar-refractivity contribution in [2.24, 2.45) is 0 Å². The summed E-state index contributed by atoms with van der Waals surface area (Å²) in [6.45, 7) is 4.20. The summed E-state index contributed by atoms with van der Waals surface area (Å²) >= 11 is 0. The van der Waals surface area contributed by atoms with Gasteiger partial charge in [-0.3, -0.25) is 4.79 Å². The van der Waals surface area contributed by atoms with Crippen LogP contribution in [0.1, 0.15) is 17.0 Å². The molecule has 0 spiro atoms. The molecule has 0 aliphatic carbocycles. The lowest BCUT2D eigenvalue weighted by atomic mass is 10.2. The highest BCUT2D eigenvalue weighted by atomic mass is 16.5. The number of nitrogens with zero attached hydrogens (tertiary/aromatic N) is 2. The van der Waals surface area contributed by atoms with E-state index in [1.807, 2.05) is 91.3 Å². The summed E-state index contributed by atoms with van der Waals surface area (Å²) in [7, 11) is 0. The van der Waals surface area contributed by atoms with Gasteiger partial charge in [-0.25, -0.2) is 4.68 Å². The minimum atomic E-state index is -0.242. The second-order valence-corrected chi connectivity index (χ2v) is 7.38. The van der Waals surface area contributed by atoms with Crippen LogP contribution in [0.15, 0.2) is 84.9 Å². The van der Waals surface area contributed by atoms with Crippen LogP contribution in [0, 0.1) is 13.8 Å². The number of anilines is 1. The number of carbonyl (C=O) groups excluding carboxylic acids is 1. The molecule has 0 unspecified atom stereocenters. The van der Waals surface area contributed by atoms with E-state index >= 15 is 0 Å². The number of para-hydroxylation sites is 1. The van der Waals surface area contributed by atoms with E-state index in [2.05, 4.69) is 10.4 Å². The molecule has 1 aromatic heterocycles. The highest BCUT2D eigenvalue weighted by Gasteiger charge is 2.15. The molecule has 0 saturated carbocycles. The smallest absolute Gasteiger partial charge is 0.262 e. The number of carbonyl (C=O) groups is 1. The number of hydrogen-bond acceptors (Lipinski definition) is 4. The standard InChI is InChI=1S/C26H25N3O3/c1-19-26(20(2)29(28-19)22-11-7-4-8-12-22)27-25(30)18-32-24-15-13-23(14-16-24)31-17-21-9-5-3-6-10-21/h3-16H,17-18H2,1-2H3,(H,27,30). The highest BCUT2D eigenvalue weighted by Crippen LogP contribution is 2.23. The van der Waals surface area contributed by atoms with Gasteiger partial charge in [0.05, 0.1) is 22.8 Å². The van der Waals surface area contributed by atoms with Crippen molar-refractivity contribution in [3.8, 4) is 17.2 Å². The molecule has 32 heavy (non-hydrogen) atoms. The Labute approximate surface area is 187 Å². The average molecular weight is 428 g/mol. The Bertz CT molecular complexity index is 1170. The van der Waals surface area contributed by atoms with Gasteiger partial charge in [0.25, 0.3) is 5.91 Å². The summed E-state index contributed by atoms with van der Waals surface area (Å²) in [6.07, 6.45) is 0. The van der Waals surface area contributed by atoms with Crippen molar-refractivity contribution in [1.82, 2.24) is 9.78 Å². The zero-order valence-electron chi connectivity index (χ0n) is 18.1. The van der Waals surface area contributed by atoms with Gasteiger partial charge < -0.3 is 14.8 Å². The molecule has 3 aromatic carbocycles. The van der Waals surface area contributed by atoms with Gasteiger partial charge in [0, 0.05) is 0 Å². The third-order valence-electron chi connectivity index (χ3n) is 5.00. The first kappa shape index (κ1) is 21.2. The van der Waals surface area contributed by atoms with Gasteiger partial charge in [-0.05, 0) is 55.8 Å². The number of amides is 1. The number of rotatable bonds is 8. The van der Waals surface area contributed by atoms with Crippen molar-refractivity contribution in [2.45, 2.75) is 20.5 Å². The molecule has 6 nitrogen and oxygen atoms in total. The molecule has 4 aromatic rings. The molecular weight excluding hydrogens is 402 g/mol. The number of aryl methyl sites for hydroxylation is 1. The minimum Gasteiger partial charge on any atom is -0.489 e. The molecule has 6 heteroatoms. The van der Waals surface area contributed by atoms with Gasteiger partial charge >= 0.3 is 0 Å². The zero-order valence-corrected chi connectivity index (χ0v) is 18.1. The van der Waals surface area contributed by atoms with E-state index in [0.29, 0.717) is 18.0 Å². The largest absolute Gasteiger partial charge is 0.489 e. The molecular formula is C26H25N3O3. The van der Waals surface area contributed by atoms with E-state index in [1.54, 1.807) is 12.1 Å². The van der Waals surface area contributed by atoms with Crippen LogP contribution in [0.25, 0.3) is 5.69 Å². The van der Waals surface area contributed by atoms with Crippen LogP contribution in [0.3, 0.4) is 0 Å². The Morgan fingerprint density at radius 3 is 2.09 bits per heavy atom. The normalized spacial score (nSPS) is 10.6. The average Bonchev–Trinajstić information content (AvgIpc) is 3.11. The predicted octanol–water partition coefficient (Wildman–Crippen LogP) is 5.09. The Kier molecular flexibility index (Phi) is 6.51. The molecule has 162 valence electrons. The van der Waals surface area contributed by atoms with Gasteiger partial charge in [0.15, 0.2) is 6.61 Å². The zero-order chi connectivity index (χ0) is 22.3. The SMILES string of the molecule is Cc1nn(-c2ccccc2)c(C)c1NC(=O)COc1ccc(OCc2ccccc2)cc1.